The first-order chi connectivity index (χ1) is 25.2. The number of carbonyl (C=O) groups is 5. The van der Waals surface area contributed by atoms with Crippen LogP contribution >= 0.6 is 0 Å². The van der Waals surface area contributed by atoms with Gasteiger partial charge in [-0.15, -0.1) is 0 Å². The van der Waals surface area contributed by atoms with Crippen molar-refractivity contribution >= 4 is 40.6 Å². The van der Waals surface area contributed by atoms with Crippen molar-refractivity contribution in [2.45, 2.75) is 101 Å². The summed E-state index contributed by atoms with van der Waals surface area (Å²) in [5, 5.41) is 12.8. The number of benzene rings is 3. The fourth-order valence-corrected chi connectivity index (χ4v) is 7.28. The summed E-state index contributed by atoms with van der Waals surface area (Å²) in [7, 11) is 1.17. The zero-order chi connectivity index (χ0) is 38.2. The maximum atomic E-state index is 14.2. The van der Waals surface area contributed by atoms with Crippen LogP contribution in [0.25, 0.3) is 10.8 Å². The summed E-state index contributed by atoms with van der Waals surface area (Å²) in [6.45, 7) is 3.67. The van der Waals surface area contributed by atoms with Crippen LogP contribution in [0.3, 0.4) is 0 Å². The molecule has 0 unspecified atom stereocenters. The van der Waals surface area contributed by atoms with Gasteiger partial charge in [0.25, 0.3) is 0 Å². The van der Waals surface area contributed by atoms with Crippen LogP contribution in [0.4, 0.5) is 13.6 Å². The fourth-order valence-electron chi connectivity index (χ4n) is 7.28. The number of nitrogens with one attached hydrogen (secondary N) is 4. The molecule has 11 nitrogen and oxygen atoms in total. The van der Waals surface area contributed by atoms with Crippen molar-refractivity contribution in [1.82, 2.24) is 21.3 Å². The predicted molar refractivity (Wildman–Crippen MR) is 194 cm³/mol. The van der Waals surface area contributed by atoms with E-state index in [2.05, 4.69) is 21.3 Å². The zero-order valence-corrected chi connectivity index (χ0v) is 30.3. The first-order valence-corrected chi connectivity index (χ1v) is 18.0. The predicted octanol–water partition coefficient (Wildman–Crippen LogP) is 5.34. The van der Waals surface area contributed by atoms with E-state index in [1.165, 1.54) is 7.11 Å². The lowest BCUT2D eigenvalue weighted by Gasteiger charge is -2.32. The summed E-state index contributed by atoms with van der Waals surface area (Å²) in [6, 6.07) is 18.5. The summed E-state index contributed by atoms with van der Waals surface area (Å²) in [6.07, 6.45) is -0.857. The maximum absolute atomic E-state index is 14.2. The Kier molecular flexibility index (Phi) is 12.7. The molecule has 1 saturated heterocycles. The molecule has 3 aromatic carbocycles. The molecule has 1 aliphatic heterocycles. The number of alkyl halides is 2. The van der Waals surface area contributed by atoms with Crippen molar-refractivity contribution in [1.29, 1.82) is 0 Å². The van der Waals surface area contributed by atoms with Gasteiger partial charge in [0.1, 0.15) is 24.7 Å². The Morgan fingerprint density at radius 3 is 2.15 bits per heavy atom. The van der Waals surface area contributed by atoms with Gasteiger partial charge in [-0.1, -0.05) is 72.8 Å². The van der Waals surface area contributed by atoms with Crippen LogP contribution < -0.4 is 21.3 Å². The van der Waals surface area contributed by atoms with E-state index in [0.717, 1.165) is 21.9 Å². The third-order valence-electron chi connectivity index (χ3n) is 10.1. The van der Waals surface area contributed by atoms with Gasteiger partial charge in [0.2, 0.25) is 23.6 Å². The smallest absolute Gasteiger partial charge is 0.408 e. The summed E-state index contributed by atoms with van der Waals surface area (Å²) in [4.78, 5) is 67.0. The van der Waals surface area contributed by atoms with Crippen molar-refractivity contribution in [3.8, 4) is 0 Å². The molecule has 4 atom stereocenters. The lowest BCUT2D eigenvalue weighted by Crippen LogP contribution is -2.57. The van der Waals surface area contributed by atoms with E-state index < -0.39 is 59.4 Å². The highest BCUT2D eigenvalue weighted by molar-refractivity contribution is 5.94. The molecule has 1 saturated carbocycles. The van der Waals surface area contributed by atoms with Crippen LogP contribution in [0.5, 0.6) is 0 Å². The Labute approximate surface area is 307 Å². The monoisotopic (exact) mass is 734 g/mol. The van der Waals surface area contributed by atoms with Crippen LogP contribution in [-0.2, 0) is 41.7 Å². The van der Waals surface area contributed by atoms with Gasteiger partial charge in [-0.05, 0) is 73.8 Å². The standard InChI is InChI=1S/C40H48F2N4O7/c1-39(2)23-29(34(47)46-39)22-33(37(50)52-3)44-35(48)31(20-25-16-18-40(41,42)19-17-25)43-36(49)32(45-38(51)53-24-26-10-5-4-6-11-26)21-28-14-9-13-27-12-7-8-15-30(27)28/h4-15,25,29,31-33H,16-24H2,1-3H3,(H,43,49)(H,44,48)(H,45,51)(H,46,47)/t29-,31+,32+,33+/m1/s1. The summed E-state index contributed by atoms with van der Waals surface area (Å²) in [5.41, 5.74) is 0.997. The number of alkyl carbamates (subject to hydrolysis) is 1. The van der Waals surface area contributed by atoms with Gasteiger partial charge in [0, 0.05) is 30.7 Å². The summed E-state index contributed by atoms with van der Waals surface area (Å²) >= 11 is 0. The molecule has 0 radical (unpaired) electrons. The molecule has 13 heteroatoms. The molecule has 3 aromatic rings. The first kappa shape index (κ1) is 39.1. The second-order valence-electron chi connectivity index (χ2n) is 14.8. The second-order valence-corrected chi connectivity index (χ2v) is 14.8. The molecule has 0 bridgehead atoms. The van der Waals surface area contributed by atoms with E-state index in [0.29, 0.717) is 6.42 Å². The molecule has 2 fully saturated rings. The third-order valence-corrected chi connectivity index (χ3v) is 10.1. The highest BCUT2D eigenvalue weighted by Crippen LogP contribution is 2.38. The Morgan fingerprint density at radius 2 is 1.47 bits per heavy atom. The van der Waals surface area contributed by atoms with Gasteiger partial charge in [0.15, 0.2) is 0 Å². The molecule has 0 aromatic heterocycles. The van der Waals surface area contributed by atoms with Crippen LogP contribution in [0.2, 0.25) is 0 Å². The number of esters is 1. The highest BCUT2D eigenvalue weighted by Gasteiger charge is 2.42. The molecule has 2 aliphatic rings. The normalized spacial score (nSPS) is 19.6. The highest BCUT2D eigenvalue weighted by atomic mass is 19.3. The molecule has 5 rings (SSSR count). The number of hydrogen-bond acceptors (Lipinski definition) is 7. The van der Waals surface area contributed by atoms with Crippen molar-refractivity contribution in [3.05, 3.63) is 83.9 Å². The van der Waals surface area contributed by atoms with Gasteiger partial charge >= 0.3 is 12.1 Å². The van der Waals surface area contributed by atoms with Gasteiger partial charge in [0.05, 0.1) is 7.11 Å². The van der Waals surface area contributed by atoms with Crippen molar-refractivity contribution in [3.63, 3.8) is 0 Å². The Hall–Kier alpha value is -5.07. The van der Waals surface area contributed by atoms with Gasteiger partial charge in [-0.3, -0.25) is 14.4 Å². The van der Waals surface area contributed by atoms with Crippen LogP contribution in [0.15, 0.2) is 72.8 Å². The minimum absolute atomic E-state index is 0.0118. The number of halogens is 2. The van der Waals surface area contributed by atoms with E-state index in [-0.39, 0.29) is 63.4 Å². The van der Waals surface area contributed by atoms with Gasteiger partial charge in [-0.25, -0.2) is 18.4 Å². The number of rotatable bonds is 14. The molecule has 4 amide bonds. The van der Waals surface area contributed by atoms with Gasteiger partial charge in [-0.2, -0.15) is 0 Å². The molecule has 4 N–H and O–H groups in total. The molecule has 1 aliphatic carbocycles. The fraction of sp³-hybridized carbons (Fsp3) is 0.475. The largest absolute Gasteiger partial charge is 0.467 e. The molecule has 0 spiro atoms. The average Bonchev–Trinajstić information content (AvgIpc) is 3.40. The number of methoxy groups -OCH3 is 1. The number of amides is 4. The van der Waals surface area contributed by atoms with Gasteiger partial charge < -0.3 is 30.7 Å². The van der Waals surface area contributed by atoms with Crippen molar-refractivity contribution in [2.24, 2.45) is 11.8 Å². The Balaban J connectivity index is 1.38. The minimum atomic E-state index is -2.81. The Morgan fingerprint density at radius 1 is 0.830 bits per heavy atom. The van der Waals surface area contributed by atoms with Crippen molar-refractivity contribution in [2.75, 3.05) is 7.11 Å². The van der Waals surface area contributed by atoms with Crippen LogP contribution in [0.1, 0.15) is 69.9 Å². The first-order valence-electron chi connectivity index (χ1n) is 18.0. The van der Waals surface area contributed by atoms with E-state index in [9.17, 15) is 32.8 Å². The van der Waals surface area contributed by atoms with Crippen LogP contribution in [-0.4, -0.2) is 66.5 Å². The minimum Gasteiger partial charge on any atom is -0.467 e. The Bertz CT molecular complexity index is 1770. The maximum Gasteiger partial charge on any atom is 0.408 e. The number of ether oxygens (including phenoxy) is 2. The average molecular weight is 735 g/mol. The number of fused-ring (bicyclic) bond motifs is 1. The van der Waals surface area contributed by atoms with Crippen molar-refractivity contribution < 1.29 is 42.2 Å². The molecule has 53 heavy (non-hydrogen) atoms. The second kappa shape index (κ2) is 17.2. The summed E-state index contributed by atoms with van der Waals surface area (Å²) < 4.78 is 38.6. The number of carbonyl (C=O) groups excluding carboxylic acids is 5. The van der Waals surface area contributed by atoms with E-state index >= 15 is 0 Å². The number of hydrogen-bond donors (Lipinski definition) is 4. The summed E-state index contributed by atoms with van der Waals surface area (Å²) in [5.74, 6) is -6.19. The topological polar surface area (TPSA) is 152 Å². The van der Waals surface area contributed by atoms with E-state index in [1.54, 1.807) is 24.3 Å². The van der Waals surface area contributed by atoms with E-state index in [1.807, 2.05) is 62.4 Å². The van der Waals surface area contributed by atoms with Crippen LogP contribution in [0, 0.1) is 11.8 Å². The quantitative estimate of drug-likeness (QED) is 0.163. The molecular weight excluding hydrogens is 686 g/mol. The molecule has 1 heterocycles. The zero-order valence-electron chi connectivity index (χ0n) is 30.3. The SMILES string of the molecule is COC(=O)[C@H](C[C@@H]1CC(C)(C)NC1=O)NC(=O)[C@H](CC1CCC(F)(F)CC1)NC(=O)[C@H](Cc1cccc2ccccc12)NC(=O)OCc1ccccc1. The molecular formula is C40H48F2N4O7. The third kappa shape index (κ3) is 11.0. The molecule has 284 valence electrons. The van der Waals surface area contributed by atoms with E-state index in [4.69, 9.17) is 9.47 Å². The lowest BCUT2D eigenvalue weighted by atomic mass is 9.82. The lowest BCUT2D eigenvalue weighted by molar-refractivity contribution is -0.146.